The van der Waals surface area contributed by atoms with Crippen LogP contribution in [0, 0.1) is 17.5 Å². The van der Waals surface area contributed by atoms with E-state index in [4.69, 9.17) is 23.2 Å². The zero-order valence-corrected chi connectivity index (χ0v) is 10.8. The van der Waals surface area contributed by atoms with Crippen LogP contribution >= 0.6 is 23.2 Å². The summed E-state index contributed by atoms with van der Waals surface area (Å²) >= 11 is 11.5. The molecule has 0 aliphatic carbocycles. The van der Waals surface area contributed by atoms with Gasteiger partial charge in [-0.3, -0.25) is 0 Å². The van der Waals surface area contributed by atoms with E-state index in [2.05, 4.69) is 0 Å². The highest BCUT2D eigenvalue weighted by molar-refractivity contribution is 6.32. The topological polar surface area (TPSA) is 20.2 Å². The van der Waals surface area contributed by atoms with Crippen molar-refractivity contribution in [1.29, 1.82) is 0 Å². The molecule has 2 aromatic rings. The van der Waals surface area contributed by atoms with Gasteiger partial charge in [-0.2, -0.15) is 0 Å². The number of benzene rings is 2. The smallest absolute Gasteiger partial charge is 0.160 e. The van der Waals surface area contributed by atoms with Gasteiger partial charge in [-0.1, -0.05) is 35.3 Å². The van der Waals surface area contributed by atoms with E-state index >= 15 is 0 Å². The monoisotopic (exact) mass is 306 g/mol. The second kappa shape index (κ2) is 5.41. The summed E-state index contributed by atoms with van der Waals surface area (Å²) in [6, 6.07) is 5.32. The van der Waals surface area contributed by atoms with E-state index in [1.807, 2.05) is 0 Å². The van der Waals surface area contributed by atoms with Crippen LogP contribution < -0.4 is 0 Å². The number of hydrogen-bond acceptors (Lipinski definition) is 1. The van der Waals surface area contributed by atoms with Crippen molar-refractivity contribution in [1.82, 2.24) is 0 Å². The summed E-state index contributed by atoms with van der Waals surface area (Å²) in [6.45, 7) is 0. The predicted molar refractivity (Wildman–Crippen MR) is 66.8 cm³/mol. The molecule has 0 spiro atoms. The van der Waals surface area contributed by atoms with Gasteiger partial charge in [0.2, 0.25) is 0 Å². The summed E-state index contributed by atoms with van der Waals surface area (Å²) in [6.07, 6.45) is -1.45. The molecule has 0 aromatic heterocycles. The van der Waals surface area contributed by atoms with Crippen molar-refractivity contribution in [2.75, 3.05) is 0 Å². The van der Waals surface area contributed by atoms with Gasteiger partial charge in [0.25, 0.3) is 0 Å². The van der Waals surface area contributed by atoms with Gasteiger partial charge in [0, 0.05) is 16.1 Å². The maximum Gasteiger partial charge on any atom is 0.160 e. The molecule has 1 atom stereocenters. The Hall–Kier alpha value is -1.23. The lowest BCUT2D eigenvalue weighted by Crippen LogP contribution is -2.04. The Morgan fingerprint density at radius 3 is 2.21 bits per heavy atom. The van der Waals surface area contributed by atoms with Crippen LogP contribution in [0.15, 0.2) is 30.3 Å². The third-order valence-corrected chi connectivity index (χ3v) is 3.34. The van der Waals surface area contributed by atoms with Gasteiger partial charge in [0.1, 0.15) is 11.9 Å². The SMILES string of the molecule is OC(c1cc(F)c(F)cc1Cl)c1cccc(F)c1Cl. The largest absolute Gasteiger partial charge is 0.384 e. The number of rotatable bonds is 2. The summed E-state index contributed by atoms with van der Waals surface area (Å²) in [4.78, 5) is 0. The highest BCUT2D eigenvalue weighted by atomic mass is 35.5. The molecular formula is C13H7Cl2F3O. The van der Waals surface area contributed by atoms with E-state index in [1.165, 1.54) is 12.1 Å². The van der Waals surface area contributed by atoms with Gasteiger partial charge in [-0.05, 0) is 18.2 Å². The van der Waals surface area contributed by atoms with E-state index in [0.717, 1.165) is 18.2 Å². The van der Waals surface area contributed by atoms with Crippen LogP contribution in [0.25, 0.3) is 0 Å². The lowest BCUT2D eigenvalue weighted by atomic mass is 10.0. The molecule has 0 radical (unpaired) electrons. The Balaban J connectivity index is 2.53. The van der Waals surface area contributed by atoms with Crippen LogP contribution in [0.4, 0.5) is 13.2 Å². The Labute approximate surface area is 117 Å². The molecule has 0 aliphatic heterocycles. The van der Waals surface area contributed by atoms with Gasteiger partial charge < -0.3 is 5.11 Å². The first-order valence-corrected chi connectivity index (χ1v) is 5.94. The summed E-state index contributed by atoms with van der Waals surface area (Å²) < 4.78 is 39.4. The van der Waals surface area contributed by atoms with E-state index in [9.17, 15) is 18.3 Å². The average molecular weight is 307 g/mol. The molecule has 6 heteroatoms. The minimum atomic E-state index is -1.45. The molecular weight excluding hydrogens is 300 g/mol. The van der Waals surface area contributed by atoms with Crippen LogP contribution in [0.3, 0.4) is 0 Å². The third-order valence-electron chi connectivity index (χ3n) is 2.61. The molecule has 100 valence electrons. The quantitative estimate of drug-likeness (QED) is 0.810. The second-order valence-electron chi connectivity index (χ2n) is 3.83. The first kappa shape index (κ1) is 14.2. The minimum Gasteiger partial charge on any atom is -0.384 e. The Morgan fingerprint density at radius 2 is 1.53 bits per heavy atom. The zero-order valence-electron chi connectivity index (χ0n) is 9.30. The highest BCUT2D eigenvalue weighted by Crippen LogP contribution is 2.34. The van der Waals surface area contributed by atoms with Crippen molar-refractivity contribution in [2.24, 2.45) is 0 Å². The van der Waals surface area contributed by atoms with Crippen molar-refractivity contribution < 1.29 is 18.3 Å². The van der Waals surface area contributed by atoms with Crippen molar-refractivity contribution in [3.63, 3.8) is 0 Å². The molecule has 0 aliphatic rings. The molecule has 2 aromatic carbocycles. The fraction of sp³-hybridized carbons (Fsp3) is 0.0769. The molecule has 0 saturated carbocycles. The zero-order chi connectivity index (χ0) is 14.2. The minimum absolute atomic E-state index is 0.0228. The second-order valence-corrected chi connectivity index (χ2v) is 4.62. The van der Waals surface area contributed by atoms with E-state index in [1.54, 1.807) is 0 Å². The van der Waals surface area contributed by atoms with Crippen LogP contribution in [-0.2, 0) is 0 Å². The highest BCUT2D eigenvalue weighted by Gasteiger charge is 2.20. The van der Waals surface area contributed by atoms with E-state index in [-0.39, 0.29) is 21.2 Å². The molecule has 1 nitrogen and oxygen atoms in total. The number of halogens is 5. The van der Waals surface area contributed by atoms with Gasteiger partial charge in [-0.25, -0.2) is 13.2 Å². The molecule has 0 heterocycles. The standard InChI is InChI=1S/C13H7Cl2F3O/c14-8-5-11(18)10(17)4-7(8)13(19)6-2-1-3-9(16)12(6)15/h1-5,13,19H. The molecule has 19 heavy (non-hydrogen) atoms. The van der Waals surface area contributed by atoms with Gasteiger partial charge in [-0.15, -0.1) is 0 Å². The summed E-state index contributed by atoms with van der Waals surface area (Å²) in [5.74, 6) is -3.02. The van der Waals surface area contributed by atoms with Crippen LogP contribution in [-0.4, -0.2) is 5.11 Å². The Bertz CT molecular complexity index is 632. The van der Waals surface area contributed by atoms with Gasteiger partial charge >= 0.3 is 0 Å². The molecule has 0 fully saturated rings. The molecule has 1 unspecified atom stereocenters. The number of hydrogen-bond donors (Lipinski definition) is 1. The summed E-state index contributed by atoms with van der Waals surface area (Å²) in [5, 5.41) is 9.60. The average Bonchev–Trinajstić information content (AvgIpc) is 2.36. The van der Waals surface area contributed by atoms with Crippen molar-refractivity contribution in [3.8, 4) is 0 Å². The summed E-state index contributed by atoms with van der Waals surface area (Å²) in [7, 11) is 0. The van der Waals surface area contributed by atoms with E-state index in [0.29, 0.717) is 0 Å². The lowest BCUT2D eigenvalue weighted by Gasteiger charge is -2.15. The van der Waals surface area contributed by atoms with Crippen LogP contribution in [0.2, 0.25) is 10.0 Å². The first-order chi connectivity index (χ1) is 8.91. The Morgan fingerprint density at radius 1 is 0.895 bits per heavy atom. The fourth-order valence-electron chi connectivity index (χ4n) is 1.65. The lowest BCUT2D eigenvalue weighted by molar-refractivity contribution is 0.219. The molecule has 0 saturated heterocycles. The molecule has 0 bridgehead atoms. The van der Waals surface area contributed by atoms with Crippen molar-refractivity contribution >= 4 is 23.2 Å². The summed E-state index contributed by atoms with van der Waals surface area (Å²) in [5.41, 5.74) is -0.0670. The first-order valence-electron chi connectivity index (χ1n) is 5.18. The van der Waals surface area contributed by atoms with Crippen LogP contribution in [0.5, 0.6) is 0 Å². The van der Waals surface area contributed by atoms with Gasteiger partial charge in [0.15, 0.2) is 11.6 Å². The van der Waals surface area contributed by atoms with Crippen LogP contribution in [0.1, 0.15) is 17.2 Å². The molecule has 1 N–H and O–H groups in total. The molecule has 2 rings (SSSR count). The fourth-order valence-corrected chi connectivity index (χ4v) is 2.13. The van der Waals surface area contributed by atoms with Crippen molar-refractivity contribution in [3.05, 3.63) is 69.0 Å². The van der Waals surface area contributed by atoms with Gasteiger partial charge in [0.05, 0.1) is 5.02 Å². The number of aliphatic hydroxyl groups excluding tert-OH is 1. The molecule has 0 amide bonds. The van der Waals surface area contributed by atoms with E-state index < -0.39 is 23.6 Å². The Kier molecular flexibility index (Phi) is 4.04. The number of aliphatic hydroxyl groups is 1. The predicted octanol–water partition coefficient (Wildman–Crippen LogP) is 4.49. The maximum absolute atomic E-state index is 13.3. The van der Waals surface area contributed by atoms with Crippen molar-refractivity contribution in [2.45, 2.75) is 6.10 Å². The maximum atomic E-state index is 13.3. The normalized spacial score (nSPS) is 12.5. The third kappa shape index (κ3) is 2.71.